The van der Waals surface area contributed by atoms with Crippen LogP contribution in [0.5, 0.6) is 5.75 Å². The van der Waals surface area contributed by atoms with Gasteiger partial charge in [0.15, 0.2) is 15.6 Å². The van der Waals surface area contributed by atoms with E-state index in [1.54, 1.807) is 25.1 Å². The van der Waals surface area contributed by atoms with E-state index in [2.05, 4.69) is 0 Å². The monoisotopic (exact) mass is 302 g/mol. The molecular weight excluding hydrogens is 284 g/mol. The molecule has 3 nitrogen and oxygen atoms in total. The molecule has 0 N–H and O–H groups in total. The fraction of sp³-hybridized carbons (Fsp3) is 0.571. The Morgan fingerprint density at radius 3 is 2.63 bits per heavy atom. The summed E-state index contributed by atoms with van der Waals surface area (Å²) < 4.78 is 29.8. The molecule has 1 aromatic rings. The van der Waals surface area contributed by atoms with Crippen LogP contribution < -0.4 is 4.74 Å². The lowest BCUT2D eigenvalue weighted by atomic mass is 10.1. The molecule has 1 aliphatic carbocycles. The number of rotatable bonds is 5. The number of halogens is 1. The quantitative estimate of drug-likeness (QED) is 0.833. The van der Waals surface area contributed by atoms with E-state index in [1.807, 2.05) is 0 Å². The van der Waals surface area contributed by atoms with Gasteiger partial charge in [-0.05, 0) is 30.9 Å². The maximum absolute atomic E-state index is 12.0. The SMILES string of the molecule is CCS(=O)(=O)c1cccc(Cl)c1OCC1CCCC1. The molecule has 1 aromatic carbocycles. The smallest absolute Gasteiger partial charge is 0.181 e. The van der Waals surface area contributed by atoms with Crippen molar-refractivity contribution in [2.75, 3.05) is 12.4 Å². The molecular formula is C14H19ClO3S. The second kappa shape index (κ2) is 6.14. The van der Waals surface area contributed by atoms with Crippen LogP contribution in [-0.4, -0.2) is 20.8 Å². The molecule has 0 bridgehead atoms. The maximum Gasteiger partial charge on any atom is 0.181 e. The molecule has 0 spiro atoms. The third-order valence-corrected chi connectivity index (χ3v) is 5.63. The predicted octanol–water partition coefficient (Wildman–Crippen LogP) is 3.70. The Morgan fingerprint density at radius 1 is 1.32 bits per heavy atom. The highest BCUT2D eigenvalue weighted by Crippen LogP contribution is 2.34. The van der Waals surface area contributed by atoms with Crippen LogP contribution in [0.1, 0.15) is 32.6 Å². The van der Waals surface area contributed by atoms with Crippen LogP contribution in [0.25, 0.3) is 0 Å². The van der Waals surface area contributed by atoms with E-state index in [4.69, 9.17) is 16.3 Å². The van der Waals surface area contributed by atoms with E-state index in [1.165, 1.54) is 12.8 Å². The summed E-state index contributed by atoms with van der Waals surface area (Å²) in [5.41, 5.74) is 0. The highest BCUT2D eigenvalue weighted by Gasteiger charge is 2.22. The van der Waals surface area contributed by atoms with Crippen LogP contribution >= 0.6 is 11.6 Å². The fourth-order valence-electron chi connectivity index (χ4n) is 2.41. The van der Waals surface area contributed by atoms with Gasteiger partial charge in [-0.25, -0.2) is 8.42 Å². The molecule has 1 fully saturated rings. The summed E-state index contributed by atoms with van der Waals surface area (Å²) in [5.74, 6) is 0.888. The van der Waals surface area contributed by atoms with E-state index >= 15 is 0 Å². The molecule has 2 rings (SSSR count). The Hall–Kier alpha value is -0.740. The molecule has 19 heavy (non-hydrogen) atoms. The topological polar surface area (TPSA) is 43.4 Å². The molecule has 0 saturated heterocycles. The van der Waals surface area contributed by atoms with Gasteiger partial charge in [0.1, 0.15) is 4.90 Å². The van der Waals surface area contributed by atoms with Crippen LogP contribution in [0.3, 0.4) is 0 Å². The molecule has 1 aliphatic rings. The lowest BCUT2D eigenvalue weighted by molar-refractivity contribution is 0.246. The molecule has 0 atom stereocenters. The van der Waals surface area contributed by atoms with E-state index in [0.717, 1.165) is 12.8 Å². The maximum atomic E-state index is 12.0. The standard InChI is InChI=1S/C14H19ClO3S/c1-2-19(16,17)13-9-5-8-12(15)14(13)18-10-11-6-3-4-7-11/h5,8-9,11H,2-4,6-7,10H2,1H3. The molecule has 106 valence electrons. The van der Waals surface area contributed by atoms with E-state index < -0.39 is 9.84 Å². The predicted molar refractivity (Wildman–Crippen MR) is 76.6 cm³/mol. The number of para-hydroxylation sites is 1. The highest BCUT2D eigenvalue weighted by molar-refractivity contribution is 7.91. The third kappa shape index (κ3) is 3.42. The zero-order valence-electron chi connectivity index (χ0n) is 11.1. The van der Waals surface area contributed by atoms with Crippen molar-refractivity contribution in [3.05, 3.63) is 23.2 Å². The van der Waals surface area contributed by atoms with Crippen LogP contribution in [-0.2, 0) is 9.84 Å². The van der Waals surface area contributed by atoms with Crippen molar-refractivity contribution in [2.24, 2.45) is 5.92 Å². The molecule has 0 aliphatic heterocycles. The van der Waals surface area contributed by atoms with Crippen LogP contribution in [0.4, 0.5) is 0 Å². The van der Waals surface area contributed by atoms with Gasteiger partial charge in [0, 0.05) is 0 Å². The first-order valence-corrected chi connectivity index (χ1v) is 8.71. The number of hydrogen-bond donors (Lipinski definition) is 0. The number of sulfone groups is 1. The first kappa shape index (κ1) is 14.7. The second-order valence-corrected chi connectivity index (χ2v) is 7.59. The fourth-order valence-corrected chi connectivity index (χ4v) is 3.74. The van der Waals surface area contributed by atoms with Gasteiger partial charge in [-0.1, -0.05) is 37.4 Å². The molecule has 0 radical (unpaired) electrons. The van der Waals surface area contributed by atoms with Gasteiger partial charge in [-0.2, -0.15) is 0 Å². The Balaban J connectivity index is 2.22. The minimum Gasteiger partial charge on any atom is -0.490 e. The van der Waals surface area contributed by atoms with Crippen molar-refractivity contribution < 1.29 is 13.2 Å². The van der Waals surface area contributed by atoms with Gasteiger partial charge >= 0.3 is 0 Å². The Kier molecular flexibility index (Phi) is 4.74. The average molecular weight is 303 g/mol. The second-order valence-electron chi connectivity index (χ2n) is 4.93. The van der Waals surface area contributed by atoms with E-state index in [9.17, 15) is 8.42 Å². The van der Waals surface area contributed by atoms with Gasteiger partial charge in [0.05, 0.1) is 17.4 Å². The summed E-state index contributed by atoms with van der Waals surface area (Å²) in [6, 6.07) is 4.88. The van der Waals surface area contributed by atoms with Crippen molar-refractivity contribution in [3.63, 3.8) is 0 Å². The summed E-state index contributed by atoms with van der Waals surface area (Å²) in [6.45, 7) is 2.17. The van der Waals surface area contributed by atoms with Crippen molar-refractivity contribution in [1.82, 2.24) is 0 Å². The first-order chi connectivity index (χ1) is 9.04. The van der Waals surface area contributed by atoms with Crippen LogP contribution in [0, 0.1) is 5.92 Å². The molecule has 0 amide bonds. The lowest BCUT2D eigenvalue weighted by Gasteiger charge is -2.15. The zero-order valence-corrected chi connectivity index (χ0v) is 12.6. The van der Waals surface area contributed by atoms with Gasteiger partial charge in [-0.15, -0.1) is 0 Å². The van der Waals surface area contributed by atoms with E-state index in [0.29, 0.717) is 23.3 Å². The largest absolute Gasteiger partial charge is 0.490 e. The zero-order chi connectivity index (χ0) is 13.9. The van der Waals surface area contributed by atoms with Crippen molar-refractivity contribution >= 4 is 21.4 Å². The summed E-state index contributed by atoms with van der Waals surface area (Å²) in [4.78, 5) is 0.209. The van der Waals surface area contributed by atoms with Crippen molar-refractivity contribution in [2.45, 2.75) is 37.5 Å². The normalized spacial score (nSPS) is 16.7. The van der Waals surface area contributed by atoms with Crippen molar-refractivity contribution in [1.29, 1.82) is 0 Å². The van der Waals surface area contributed by atoms with E-state index in [-0.39, 0.29) is 10.6 Å². The van der Waals surface area contributed by atoms with Crippen LogP contribution in [0.2, 0.25) is 5.02 Å². The summed E-state index contributed by atoms with van der Waals surface area (Å²) in [6.07, 6.45) is 4.77. The number of ether oxygens (including phenoxy) is 1. The third-order valence-electron chi connectivity index (χ3n) is 3.58. The Morgan fingerprint density at radius 2 is 2.00 bits per heavy atom. The molecule has 5 heteroatoms. The van der Waals surface area contributed by atoms with Crippen molar-refractivity contribution in [3.8, 4) is 5.75 Å². The Bertz CT molecular complexity index is 534. The number of benzene rings is 1. The van der Waals surface area contributed by atoms with Gasteiger partial charge in [0.2, 0.25) is 0 Å². The summed E-state index contributed by atoms with van der Waals surface area (Å²) >= 11 is 6.09. The van der Waals surface area contributed by atoms with Crippen LogP contribution in [0.15, 0.2) is 23.1 Å². The minimum absolute atomic E-state index is 0.0487. The molecule has 0 unspecified atom stereocenters. The summed E-state index contributed by atoms with van der Waals surface area (Å²) in [5, 5.41) is 0.368. The van der Waals surface area contributed by atoms with Gasteiger partial charge < -0.3 is 4.74 Å². The van der Waals surface area contributed by atoms with Gasteiger partial charge in [0.25, 0.3) is 0 Å². The highest BCUT2D eigenvalue weighted by atomic mass is 35.5. The lowest BCUT2D eigenvalue weighted by Crippen LogP contribution is -2.12. The first-order valence-electron chi connectivity index (χ1n) is 6.68. The molecule has 0 aromatic heterocycles. The molecule has 0 heterocycles. The molecule has 1 saturated carbocycles. The Labute approximate surface area is 119 Å². The minimum atomic E-state index is -3.31. The van der Waals surface area contributed by atoms with Gasteiger partial charge in [-0.3, -0.25) is 0 Å². The number of hydrogen-bond acceptors (Lipinski definition) is 3. The summed E-state index contributed by atoms with van der Waals surface area (Å²) in [7, 11) is -3.31. The average Bonchev–Trinajstić information content (AvgIpc) is 2.90.